The number of piperidine rings is 1. The Labute approximate surface area is 163 Å². The lowest BCUT2D eigenvalue weighted by atomic mass is 9.94. The van der Waals surface area contributed by atoms with Crippen LogP contribution < -0.4 is 5.56 Å². The maximum atomic E-state index is 13.2. The summed E-state index contributed by atoms with van der Waals surface area (Å²) in [6.07, 6.45) is 1.89. The van der Waals surface area contributed by atoms with Crippen LogP contribution in [0.15, 0.2) is 16.9 Å². The number of H-pyrrole nitrogens is 1. The Morgan fingerprint density at radius 2 is 2.07 bits per heavy atom. The number of carbonyl (C=O) groups excluding carboxylic acids is 1. The van der Waals surface area contributed by atoms with Gasteiger partial charge in [-0.2, -0.15) is 5.10 Å². The molecule has 4 rings (SSSR count). The first-order valence-corrected chi connectivity index (χ1v) is 9.81. The first-order chi connectivity index (χ1) is 13.4. The average molecular weight is 382 g/mol. The van der Waals surface area contributed by atoms with E-state index < -0.39 is 0 Å². The highest BCUT2D eigenvalue weighted by Gasteiger charge is 2.29. The minimum atomic E-state index is -0.115. The van der Waals surface area contributed by atoms with E-state index >= 15 is 0 Å². The van der Waals surface area contributed by atoms with Gasteiger partial charge in [0.2, 0.25) is 0 Å². The predicted octanol–water partition coefficient (Wildman–Crippen LogP) is 2.18. The van der Waals surface area contributed by atoms with E-state index in [-0.39, 0.29) is 17.4 Å². The van der Waals surface area contributed by atoms with Crippen molar-refractivity contribution in [3.8, 4) is 0 Å². The van der Waals surface area contributed by atoms with Gasteiger partial charge in [-0.05, 0) is 40.5 Å². The number of hydrogen-bond acceptors (Lipinski definition) is 4. The van der Waals surface area contributed by atoms with E-state index in [2.05, 4.69) is 15.2 Å². The van der Waals surface area contributed by atoms with Crippen molar-refractivity contribution >= 4 is 11.6 Å². The summed E-state index contributed by atoms with van der Waals surface area (Å²) in [7, 11) is 0. The molecule has 8 nitrogen and oxygen atoms in total. The van der Waals surface area contributed by atoms with E-state index in [0.29, 0.717) is 23.4 Å². The van der Waals surface area contributed by atoms with Crippen LogP contribution in [0.2, 0.25) is 0 Å². The van der Waals surface area contributed by atoms with Gasteiger partial charge in [0.25, 0.3) is 11.5 Å². The lowest BCUT2D eigenvalue weighted by Crippen LogP contribution is -2.39. The third-order valence-corrected chi connectivity index (χ3v) is 5.64. The number of amides is 1. The van der Waals surface area contributed by atoms with Crippen LogP contribution >= 0.6 is 0 Å². The molecule has 4 heterocycles. The Kier molecular flexibility index (Phi) is 4.56. The molecule has 148 valence electrons. The Bertz CT molecular complexity index is 1110. The highest BCUT2D eigenvalue weighted by atomic mass is 16.2. The molecule has 0 bridgehead atoms. The van der Waals surface area contributed by atoms with Crippen molar-refractivity contribution in [2.24, 2.45) is 0 Å². The van der Waals surface area contributed by atoms with Gasteiger partial charge >= 0.3 is 0 Å². The standard InChI is InChI=1S/C20H26N6O2/c1-5-25-14(4)19(13(3)22-25)20(28)24-8-6-7-15(11-24)16-10-17-21-12(2)9-18(27)26(17)23-16/h9-10,15,23H,5-8,11H2,1-4H3. The molecule has 3 aromatic heterocycles. The summed E-state index contributed by atoms with van der Waals surface area (Å²) in [6, 6.07) is 3.44. The second-order valence-electron chi connectivity index (χ2n) is 7.59. The summed E-state index contributed by atoms with van der Waals surface area (Å²) in [5.41, 5.74) is 4.58. The molecule has 0 radical (unpaired) electrons. The van der Waals surface area contributed by atoms with Crippen molar-refractivity contribution in [2.45, 2.75) is 53.0 Å². The fraction of sp³-hybridized carbons (Fsp3) is 0.500. The van der Waals surface area contributed by atoms with Crippen LogP contribution in [0.25, 0.3) is 5.65 Å². The lowest BCUT2D eigenvalue weighted by Gasteiger charge is -2.32. The summed E-state index contributed by atoms with van der Waals surface area (Å²) in [6.45, 7) is 9.80. The molecule has 0 aromatic carbocycles. The van der Waals surface area contributed by atoms with E-state index in [4.69, 9.17) is 0 Å². The van der Waals surface area contributed by atoms with Gasteiger partial charge in [0, 0.05) is 54.8 Å². The molecule has 3 aromatic rings. The fourth-order valence-corrected chi connectivity index (χ4v) is 4.23. The van der Waals surface area contributed by atoms with E-state index in [1.54, 1.807) is 0 Å². The maximum absolute atomic E-state index is 13.2. The first kappa shape index (κ1) is 18.5. The molecule has 1 saturated heterocycles. The maximum Gasteiger partial charge on any atom is 0.272 e. The number of likely N-dealkylation sites (tertiary alicyclic amines) is 1. The Morgan fingerprint density at radius 1 is 1.29 bits per heavy atom. The van der Waals surface area contributed by atoms with Crippen LogP contribution in [-0.4, -0.2) is 48.3 Å². The van der Waals surface area contributed by atoms with Gasteiger partial charge in [0.1, 0.15) is 0 Å². The molecule has 1 atom stereocenters. The van der Waals surface area contributed by atoms with Crippen LogP contribution in [0.5, 0.6) is 0 Å². The number of carbonyl (C=O) groups is 1. The molecule has 1 fully saturated rings. The monoisotopic (exact) mass is 382 g/mol. The highest BCUT2D eigenvalue weighted by molar-refractivity contribution is 5.96. The molecule has 0 saturated carbocycles. The van der Waals surface area contributed by atoms with Gasteiger partial charge in [0.05, 0.1) is 11.3 Å². The van der Waals surface area contributed by atoms with Crippen molar-refractivity contribution in [1.29, 1.82) is 0 Å². The van der Waals surface area contributed by atoms with Gasteiger partial charge in [-0.1, -0.05) is 0 Å². The van der Waals surface area contributed by atoms with E-state index in [9.17, 15) is 9.59 Å². The Balaban J connectivity index is 1.61. The molecule has 1 amide bonds. The highest BCUT2D eigenvalue weighted by Crippen LogP contribution is 2.28. The van der Waals surface area contributed by atoms with Crippen LogP contribution in [0.4, 0.5) is 0 Å². The molecule has 1 aliphatic heterocycles. The minimum absolute atomic E-state index is 0.0432. The Morgan fingerprint density at radius 3 is 2.79 bits per heavy atom. The summed E-state index contributed by atoms with van der Waals surface area (Å²) in [5, 5.41) is 7.67. The molecule has 28 heavy (non-hydrogen) atoms. The summed E-state index contributed by atoms with van der Waals surface area (Å²) < 4.78 is 3.35. The third kappa shape index (κ3) is 3.02. The van der Waals surface area contributed by atoms with E-state index in [1.165, 1.54) is 10.6 Å². The largest absolute Gasteiger partial charge is 0.338 e. The van der Waals surface area contributed by atoms with E-state index in [1.807, 2.05) is 43.3 Å². The number of nitrogens with zero attached hydrogens (tertiary/aromatic N) is 5. The molecule has 1 N–H and O–H groups in total. The van der Waals surface area contributed by atoms with Gasteiger partial charge in [-0.15, -0.1) is 0 Å². The molecule has 0 spiro atoms. The SMILES string of the molecule is CCn1nc(C)c(C(=O)N2CCCC(c3cc4nc(C)cc(=O)n4[nH]3)C2)c1C. The summed E-state index contributed by atoms with van der Waals surface area (Å²) >= 11 is 0. The number of fused-ring (bicyclic) bond motifs is 1. The third-order valence-electron chi connectivity index (χ3n) is 5.64. The van der Waals surface area contributed by atoms with Crippen LogP contribution in [-0.2, 0) is 6.54 Å². The second-order valence-corrected chi connectivity index (χ2v) is 7.59. The topological polar surface area (TPSA) is 88.3 Å². The van der Waals surface area contributed by atoms with Crippen LogP contribution in [0.3, 0.4) is 0 Å². The normalized spacial score (nSPS) is 17.4. The van der Waals surface area contributed by atoms with Gasteiger partial charge in [-0.3, -0.25) is 19.4 Å². The van der Waals surface area contributed by atoms with Gasteiger partial charge in [0.15, 0.2) is 5.65 Å². The molecule has 1 unspecified atom stereocenters. The van der Waals surface area contributed by atoms with Gasteiger partial charge in [-0.25, -0.2) is 9.50 Å². The number of nitrogens with one attached hydrogen (secondary N) is 1. The van der Waals surface area contributed by atoms with Crippen molar-refractivity contribution in [3.63, 3.8) is 0 Å². The summed E-state index contributed by atoms with van der Waals surface area (Å²) in [4.78, 5) is 31.7. The molecular weight excluding hydrogens is 356 g/mol. The smallest absolute Gasteiger partial charge is 0.272 e. The summed E-state index contributed by atoms with van der Waals surface area (Å²) in [5.74, 6) is 0.197. The fourth-order valence-electron chi connectivity index (χ4n) is 4.23. The quantitative estimate of drug-likeness (QED) is 0.752. The molecule has 8 heteroatoms. The molecular formula is C20H26N6O2. The Hall–Kier alpha value is -2.90. The zero-order chi connectivity index (χ0) is 20.0. The number of hydrogen-bond donors (Lipinski definition) is 1. The number of aromatic amines is 1. The molecule has 1 aliphatic rings. The number of aromatic nitrogens is 5. The lowest BCUT2D eigenvalue weighted by molar-refractivity contribution is 0.0704. The van der Waals surface area contributed by atoms with Gasteiger partial charge < -0.3 is 4.90 Å². The van der Waals surface area contributed by atoms with Crippen molar-refractivity contribution < 1.29 is 4.79 Å². The van der Waals surface area contributed by atoms with Crippen LogP contribution in [0, 0.1) is 20.8 Å². The molecule has 0 aliphatic carbocycles. The number of rotatable bonds is 3. The zero-order valence-electron chi connectivity index (χ0n) is 16.8. The van der Waals surface area contributed by atoms with Crippen molar-refractivity contribution in [1.82, 2.24) is 29.3 Å². The minimum Gasteiger partial charge on any atom is -0.338 e. The zero-order valence-corrected chi connectivity index (χ0v) is 16.8. The average Bonchev–Trinajstić information content (AvgIpc) is 3.22. The van der Waals surface area contributed by atoms with Crippen LogP contribution in [0.1, 0.15) is 58.8 Å². The predicted molar refractivity (Wildman–Crippen MR) is 106 cm³/mol. The van der Waals surface area contributed by atoms with E-state index in [0.717, 1.165) is 43.0 Å². The second kappa shape index (κ2) is 6.92. The number of aryl methyl sites for hydroxylation is 3. The van der Waals surface area contributed by atoms with Crippen molar-refractivity contribution in [3.05, 3.63) is 50.8 Å². The first-order valence-electron chi connectivity index (χ1n) is 9.81. The van der Waals surface area contributed by atoms with Crippen molar-refractivity contribution in [2.75, 3.05) is 13.1 Å².